The Morgan fingerprint density at radius 2 is 1.80 bits per heavy atom. The van der Waals surface area contributed by atoms with Crippen LogP contribution in [0.2, 0.25) is 0 Å². The molecule has 0 aromatic carbocycles. The van der Waals surface area contributed by atoms with Crippen molar-refractivity contribution < 1.29 is 38.2 Å². The number of aliphatic imine (C=N–C) groups is 1. The van der Waals surface area contributed by atoms with Gasteiger partial charge < -0.3 is 63.2 Å². The molecule has 0 bridgehead atoms. The first-order valence-electron chi connectivity index (χ1n) is 20.1. The highest BCUT2D eigenvalue weighted by molar-refractivity contribution is 8.00. The molecule has 13 N–H and O–H groups in total. The van der Waals surface area contributed by atoms with Crippen molar-refractivity contribution in [1.82, 2.24) is 35.8 Å². The summed E-state index contributed by atoms with van der Waals surface area (Å²) in [4.78, 5) is 97.2. The summed E-state index contributed by atoms with van der Waals surface area (Å²) in [6.07, 6.45) is 6.99. The van der Waals surface area contributed by atoms with Crippen LogP contribution in [0.3, 0.4) is 0 Å². The van der Waals surface area contributed by atoms with E-state index in [9.17, 15) is 33.6 Å². The van der Waals surface area contributed by atoms with E-state index in [0.29, 0.717) is 49.4 Å². The Hall–Kier alpha value is -5.03. The Kier molecular flexibility index (Phi) is 19.8. The first-order chi connectivity index (χ1) is 28.8. The zero-order valence-electron chi connectivity index (χ0n) is 33.6. The third kappa shape index (κ3) is 16.2. The number of fused-ring (bicyclic) bond motifs is 2. The lowest BCUT2D eigenvalue weighted by molar-refractivity contribution is -0.142. The van der Waals surface area contributed by atoms with Crippen LogP contribution in [-0.2, 0) is 40.2 Å². The number of urea groups is 1. The molecule has 4 rings (SSSR count). The van der Waals surface area contributed by atoms with E-state index < -0.39 is 29.4 Å². The zero-order chi connectivity index (χ0) is 43.4. The lowest BCUT2D eigenvalue weighted by Crippen LogP contribution is -2.43. The van der Waals surface area contributed by atoms with Crippen LogP contribution < -0.4 is 49.8 Å². The predicted molar refractivity (Wildman–Crippen MR) is 229 cm³/mol. The highest BCUT2D eigenvalue weighted by atomic mass is 32.2. The highest BCUT2D eigenvalue weighted by Gasteiger charge is 2.42. The number of guanidine groups is 1. The standard InChI is InChI=1S/C37H58N12O9S2/c38-28-16-25-33(35(55)47-28)44-20-49(25)21-57-13-14-58-31(53)19-59-17-22(34(39)54)15-26(50)23(7-6-12-43-36(40)41)45-30(52)10-2-1-5-11-42-29(51)9-4-3-8-27-32-24(18-60-27)46-37(56)48-32/h16,20,22-24,27,32H,1-15,17-19,21H2,(H2,39,54)(H,42,51)(H,45,52)(H3,38,47,55)(H4,40,41,43)(H2,46,48,56)/t22-,23?,24-,27-,32-/m0/s1. The van der Waals surface area contributed by atoms with Gasteiger partial charge in [0, 0.05) is 55.2 Å². The van der Waals surface area contributed by atoms with Crippen molar-refractivity contribution in [2.45, 2.75) is 101 Å². The van der Waals surface area contributed by atoms with Crippen LogP contribution in [0.25, 0.3) is 11.0 Å². The van der Waals surface area contributed by atoms with Gasteiger partial charge in [0.05, 0.1) is 48.2 Å². The SMILES string of the molecule is NC(=O)[C@H](CSCC(=O)OCCOCn1cnc2c(=O)[nH]c(N)cc21)CC(=O)C(CCCN=C(N)N)NC(=O)CCCCCNC(=O)CCCC[C@@H]1SC[C@@H]2NC(=O)N[C@@H]21. The van der Waals surface area contributed by atoms with E-state index in [4.69, 9.17) is 32.4 Å². The predicted octanol–water partition coefficient (Wildman–Crippen LogP) is -0.441. The number of hydrogen-bond donors (Lipinski definition) is 9. The van der Waals surface area contributed by atoms with Crippen molar-refractivity contribution in [2.75, 3.05) is 49.3 Å². The molecule has 1 unspecified atom stereocenters. The van der Waals surface area contributed by atoms with Gasteiger partial charge >= 0.3 is 12.0 Å². The van der Waals surface area contributed by atoms with Crippen LogP contribution in [0, 0.1) is 5.92 Å². The van der Waals surface area contributed by atoms with Gasteiger partial charge in [-0.15, -0.1) is 11.8 Å². The van der Waals surface area contributed by atoms with Gasteiger partial charge in [0.1, 0.15) is 19.2 Å². The largest absolute Gasteiger partial charge is 0.463 e. The van der Waals surface area contributed by atoms with E-state index in [-0.39, 0.29) is 110 Å². The number of nitrogens with two attached hydrogens (primary N) is 4. The smallest absolute Gasteiger partial charge is 0.315 e. The number of nitrogens with zero attached hydrogens (tertiary/aromatic N) is 3. The quantitative estimate of drug-likeness (QED) is 0.0164. The summed E-state index contributed by atoms with van der Waals surface area (Å²) in [5.41, 5.74) is 22.5. The number of nitrogen functional groups attached to an aromatic ring is 1. The molecule has 23 heteroatoms. The number of unbranched alkanes of at least 4 members (excludes halogenated alkanes) is 3. The Morgan fingerprint density at radius 1 is 1.02 bits per heavy atom. The van der Waals surface area contributed by atoms with Gasteiger partial charge in [-0.25, -0.2) is 9.78 Å². The first kappa shape index (κ1) is 47.6. The summed E-state index contributed by atoms with van der Waals surface area (Å²) in [7, 11) is 0. The number of imidazole rings is 1. The van der Waals surface area contributed by atoms with E-state index in [1.165, 1.54) is 6.33 Å². The third-order valence-electron chi connectivity index (χ3n) is 9.91. The number of aromatic amines is 1. The highest BCUT2D eigenvalue weighted by Crippen LogP contribution is 2.33. The Balaban J connectivity index is 1.09. The van der Waals surface area contributed by atoms with Gasteiger partial charge in [0.15, 0.2) is 17.3 Å². The molecule has 2 fully saturated rings. The van der Waals surface area contributed by atoms with Gasteiger partial charge in [-0.1, -0.05) is 12.8 Å². The van der Waals surface area contributed by atoms with Crippen molar-refractivity contribution in [2.24, 2.45) is 28.1 Å². The molecule has 0 aliphatic carbocycles. The molecule has 5 atom stereocenters. The second kappa shape index (κ2) is 24.9. The van der Waals surface area contributed by atoms with Crippen molar-refractivity contribution >= 4 is 81.8 Å². The molecule has 0 spiro atoms. The van der Waals surface area contributed by atoms with Crippen molar-refractivity contribution in [3.63, 3.8) is 0 Å². The maximum atomic E-state index is 13.4. The molecule has 0 radical (unpaired) electrons. The number of hydrogen-bond acceptors (Lipinski definition) is 14. The van der Waals surface area contributed by atoms with Crippen LogP contribution in [0.5, 0.6) is 0 Å². The van der Waals surface area contributed by atoms with Gasteiger partial charge in [0.2, 0.25) is 17.7 Å². The number of nitrogens with one attached hydrogen (secondary N) is 5. The average Bonchev–Trinajstić information content (AvgIpc) is 3.89. The molecule has 21 nitrogen and oxygen atoms in total. The fourth-order valence-corrected chi connectivity index (χ4v) is 9.26. The van der Waals surface area contributed by atoms with Crippen LogP contribution in [0.1, 0.15) is 70.6 Å². The maximum absolute atomic E-state index is 13.4. The molecule has 332 valence electrons. The normalized spacial score (nSPS) is 17.9. The molecule has 0 saturated carbocycles. The van der Waals surface area contributed by atoms with Crippen molar-refractivity contribution in [3.8, 4) is 0 Å². The number of esters is 1. The number of thioether (sulfide) groups is 2. The summed E-state index contributed by atoms with van der Waals surface area (Å²) in [5.74, 6) is -1.92. The molecule has 2 aromatic heterocycles. The molecule has 2 aliphatic heterocycles. The average molecular weight is 879 g/mol. The van der Waals surface area contributed by atoms with E-state index >= 15 is 0 Å². The number of ether oxygens (including phenoxy) is 2. The minimum atomic E-state index is -0.900. The minimum Gasteiger partial charge on any atom is -0.463 e. The van der Waals surface area contributed by atoms with Crippen molar-refractivity contribution in [1.29, 1.82) is 0 Å². The fraction of sp³-hybridized carbons (Fsp3) is 0.649. The van der Waals surface area contributed by atoms with Crippen molar-refractivity contribution in [3.05, 3.63) is 22.7 Å². The van der Waals surface area contributed by atoms with Crippen LogP contribution in [-0.4, -0.2) is 123 Å². The molecule has 2 saturated heterocycles. The maximum Gasteiger partial charge on any atom is 0.315 e. The number of amides is 5. The monoisotopic (exact) mass is 878 g/mol. The molecule has 5 amide bonds. The summed E-state index contributed by atoms with van der Waals surface area (Å²) < 4.78 is 12.3. The number of aromatic nitrogens is 3. The molecule has 2 aromatic rings. The number of carbonyl (C=O) groups excluding carboxylic acids is 6. The number of rotatable bonds is 29. The van der Waals surface area contributed by atoms with Gasteiger partial charge in [-0.05, 0) is 38.5 Å². The lowest BCUT2D eigenvalue weighted by atomic mass is 9.96. The summed E-state index contributed by atoms with van der Waals surface area (Å²) in [6, 6.07) is 0.915. The second-order valence-corrected chi connectivity index (χ2v) is 16.9. The van der Waals surface area contributed by atoms with E-state index in [2.05, 4.69) is 36.2 Å². The molecular weight excluding hydrogens is 821 g/mol. The number of pyridine rings is 1. The molecular formula is C37H58N12O9S2. The summed E-state index contributed by atoms with van der Waals surface area (Å²) >= 11 is 2.95. The van der Waals surface area contributed by atoms with Crippen LogP contribution in [0.4, 0.5) is 10.6 Å². The van der Waals surface area contributed by atoms with Crippen LogP contribution in [0.15, 0.2) is 22.2 Å². The number of H-pyrrole nitrogens is 1. The van der Waals surface area contributed by atoms with Gasteiger partial charge in [0.25, 0.3) is 5.56 Å². The van der Waals surface area contributed by atoms with Gasteiger partial charge in [-0.2, -0.15) is 11.8 Å². The number of carbonyl (C=O) groups is 6. The number of primary amides is 1. The summed E-state index contributed by atoms with van der Waals surface area (Å²) in [5, 5.41) is 12.0. The first-order valence-corrected chi connectivity index (χ1v) is 22.3. The molecule has 2 aliphatic rings. The fourth-order valence-electron chi connectivity index (χ4n) is 6.79. The van der Waals surface area contributed by atoms with E-state index in [0.717, 1.165) is 36.8 Å². The van der Waals surface area contributed by atoms with Gasteiger partial charge in [-0.3, -0.25) is 33.8 Å². The number of ketones is 1. The Morgan fingerprint density at radius 3 is 2.58 bits per heavy atom. The third-order valence-corrected chi connectivity index (χ3v) is 12.5. The number of anilines is 1. The Labute approximate surface area is 355 Å². The molecule has 4 heterocycles. The Bertz CT molecular complexity index is 1870. The lowest BCUT2D eigenvalue weighted by Gasteiger charge is -2.20. The molecule has 60 heavy (non-hydrogen) atoms. The zero-order valence-corrected chi connectivity index (χ0v) is 35.3. The van der Waals surface area contributed by atoms with E-state index in [1.54, 1.807) is 10.6 Å². The number of Topliss-reactive ketones (excluding diaryl/α,β-unsaturated/α-hetero) is 1. The summed E-state index contributed by atoms with van der Waals surface area (Å²) in [6.45, 7) is 0.797. The van der Waals surface area contributed by atoms with Crippen LogP contribution >= 0.6 is 23.5 Å². The topological polar surface area (TPSA) is 336 Å². The minimum absolute atomic E-state index is 0.0124. The second-order valence-electron chi connectivity index (χ2n) is 14.6. The van der Waals surface area contributed by atoms with E-state index in [1.807, 2.05) is 11.8 Å².